The SMILES string of the molecule is O=C(CN1CCCC(COc2ccccc2)C1)NCc1ccc(F)cc1. The van der Waals surface area contributed by atoms with E-state index in [0.717, 1.165) is 37.2 Å². The van der Waals surface area contributed by atoms with Gasteiger partial charge in [0.15, 0.2) is 0 Å². The van der Waals surface area contributed by atoms with Gasteiger partial charge >= 0.3 is 0 Å². The fraction of sp³-hybridized carbons (Fsp3) is 0.381. The number of piperidine rings is 1. The summed E-state index contributed by atoms with van der Waals surface area (Å²) in [6.07, 6.45) is 2.20. The van der Waals surface area contributed by atoms with Gasteiger partial charge in [-0.15, -0.1) is 0 Å². The summed E-state index contributed by atoms with van der Waals surface area (Å²) in [6, 6.07) is 16.0. The molecule has 1 amide bonds. The van der Waals surface area contributed by atoms with Crippen LogP contribution in [0.25, 0.3) is 0 Å². The summed E-state index contributed by atoms with van der Waals surface area (Å²) in [7, 11) is 0. The maximum atomic E-state index is 12.9. The Hall–Kier alpha value is -2.40. The Morgan fingerprint density at radius 2 is 1.92 bits per heavy atom. The Morgan fingerprint density at radius 3 is 2.69 bits per heavy atom. The molecule has 1 N–H and O–H groups in total. The number of nitrogens with zero attached hydrogens (tertiary/aromatic N) is 1. The highest BCUT2D eigenvalue weighted by Gasteiger charge is 2.22. The fourth-order valence-electron chi connectivity index (χ4n) is 3.22. The Morgan fingerprint density at radius 1 is 1.15 bits per heavy atom. The molecule has 2 aromatic carbocycles. The third kappa shape index (κ3) is 5.85. The molecule has 0 saturated carbocycles. The third-order valence-electron chi connectivity index (χ3n) is 4.60. The van der Waals surface area contributed by atoms with E-state index in [1.807, 2.05) is 30.3 Å². The second-order valence-corrected chi connectivity index (χ2v) is 6.77. The molecule has 1 aliphatic heterocycles. The number of nitrogens with one attached hydrogen (secondary N) is 1. The van der Waals surface area contributed by atoms with Crippen LogP contribution in [0.2, 0.25) is 0 Å². The average molecular weight is 356 g/mol. The van der Waals surface area contributed by atoms with Gasteiger partial charge in [-0.25, -0.2) is 4.39 Å². The second kappa shape index (κ2) is 9.34. The molecule has 0 aromatic heterocycles. The first-order chi connectivity index (χ1) is 12.7. The standard InChI is InChI=1S/C21H25FN2O2/c22-19-10-8-17(9-11-19)13-23-21(25)15-24-12-4-5-18(14-24)16-26-20-6-2-1-3-7-20/h1-3,6-11,18H,4-5,12-16H2,(H,23,25). The number of halogens is 1. The summed E-state index contributed by atoms with van der Waals surface area (Å²) in [4.78, 5) is 14.4. The van der Waals surface area contributed by atoms with Gasteiger partial charge in [0.05, 0.1) is 13.2 Å². The molecule has 1 heterocycles. The number of carbonyl (C=O) groups is 1. The molecule has 3 rings (SSSR count). The van der Waals surface area contributed by atoms with Gasteiger partial charge in [0.2, 0.25) is 5.91 Å². The molecule has 138 valence electrons. The first-order valence-corrected chi connectivity index (χ1v) is 9.10. The van der Waals surface area contributed by atoms with E-state index in [-0.39, 0.29) is 11.7 Å². The van der Waals surface area contributed by atoms with Crippen LogP contribution in [-0.4, -0.2) is 37.0 Å². The summed E-state index contributed by atoms with van der Waals surface area (Å²) in [5, 5.41) is 2.90. The van der Waals surface area contributed by atoms with Crippen LogP contribution in [0.3, 0.4) is 0 Å². The summed E-state index contributed by atoms with van der Waals surface area (Å²) in [5.74, 6) is 1.06. The third-order valence-corrected chi connectivity index (χ3v) is 4.60. The Labute approximate surface area is 154 Å². The molecule has 1 unspecified atom stereocenters. The highest BCUT2D eigenvalue weighted by molar-refractivity contribution is 5.78. The van der Waals surface area contributed by atoms with E-state index < -0.39 is 0 Å². The van der Waals surface area contributed by atoms with E-state index in [1.54, 1.807) is 12.1 Å². The number of amides is 1. The van der Waals surface area contributed by atoms with E-state index in [0.29, 0.717) is 25.6 Å². The topological polar surface area (TPSA) is 41.6 Å². The van der Waals surface area contributed by atoms with Crippen LogP contribution in [-0.2, 0) is 11.3 Å². The Kier molecular flexibility index (Phi) is 6.61. The molecule has 0 bridgehead atoms. The van der Waals surface area contributed by atoms with Crippen molar-refractivity contribution in [3.05, 3.63) is 66.0 Å². The van der Waals surface area contributed by atoms with E-state index in [1.165, 1.54) is 12.1 Å². The van der Waals surface area contributed by atoms with Crippen LogP contribution in [0.4, 0.5) is 4.39 Å². The smallest absolute Gasteiger partial charge is 0.234 e. The van der Waals surface area contributed by atoms with Crippen molar-refractivity contribution in [1.29, 1.82) is 0 Å². The van der Waals surface area contributed by atoms with Crippen LogP contribution in [0.5, 0.6) is 5.75 Å². The highest BCUT2D eigenvalue weighted by Crippen LogP contribution is 2.18. The molecule has 1 atom stereocenters. The minimum atomic E-state index is -0.267. The zero-order chi connectivity index (χ0) is 18.2. The molecule has 1 aliphatic rings. The van der Waals surface area contributed by atoms with Gasteiger partial charge in [-0.3, -0.25) is 9.69 Å². The van der Waals surface area contributed by atoms with Crippen molar-refractivity contribution >= 4 is 5.91 Å². The molecule has 5 heteroatoms. The van der Waals surface area contributed by atoms with Gasteiger partial charge in [-0.2, -0.15) is 0 Å². The molecule has 2 aromatic rings. The summed E-state index contributed by atoms with van der Waals surface area (Å²) >= 11 is 0. The predicted molar refractivity (Wildman–Crippen MR) is 99.3 cm³/mol. The van der Waals surface area contributed by atoms with Crippen LogP contribution in [0.1, 0.15) is 18.4 Å². The Bertz CT molecular complexity index is 691. The van der Waals surface area contributed by atoms with Gasteiger partial charge in [0.25, 0.3) is 0 Å². The van der Waals surface area contributed by atoms with Crippen molar-refractivity contribution in [1.82, 2.24) is 10.2 Å². The lowest BCUT2D eigenvalue weighted by Gasteiger charge is -2.32. The first-order valence-electron chi connectivity index (χ1n) is 9.10. The van der Waals surface area contributed by atoms with Crippen LogP contribution in [0.15, 0.2) is 54.6 Å². The normalized spacial score (nSPS) is 17.7. The maximum Gasteiger partial charge on any atom is 0.234 e. The lowest BCUT2D eigenvalue weighted by molar-refractivity contribution is -0.122. The summed E-state index contributed by atoms with van der Waals surface area (Å²) < 4.78 is 18.8. The Balaban J connectivity index is 1.39. The van der Waals surface area contributed by atoms with Crippen molar-refractivity contribution in [2.45, 2.75) is 19.4 Å². The zero-order valence-electron chi connectivity index (χ0n) is 14.9. The second-order valence-electron chi connectivity index (χ2n) is 6.77. The lowest BCUT2D eigenvalue weighted by Crippen LogP contribution is -2.43. The highest BCUT2D eigenvalue weighted by atomic mass is 19.1. The number of rotatable bonds is 7. The van der Waals surface area contributed by atoms with E-state index >= 15 is 0 Å². The van der Waals surface area contributed by atoms with Gasteiger partial charge in [0, 0.05) is 19.0 Å². The van der Waals surface area contributed by atoms with Gasteiger partial charge in [-0.1, -0.05) is 30.3 Å². The molecule has 26 heavy (non-hydrogen) atoms. The molecule has 0 radical (unpaired) electrons. The molecule has 1 saturated heterocycles. The molecule has 0 spiro atoms. The predicted octanol–water partition coefficient (Wildman–Crippen LogP) is 3.23. The van der Waals surface area contributed by atoms with Crippen molar-refractivity contribution in [2.75, 3.05) is 26.2 Å². The number of carbonyl (C=O) groups excluding carboxylic acids is 1. The number of para-hydroxylation sites is 1. The molecular weight excluding hydrogens is 331 g/mol. The molecule has 4 nitrogen and oxygen atoms in total. The minimum Gasteiger partial charge on any atom is -0.493 e. The number of hydrogen-bond acceptors (Lipinski definition) is 3. The summed E-state index contributed by atoms with van der Waals surface area (Å²) in [6.45, 7) is 3.30. The van der Waals surface area contributed by atoms with Gasteiger partial charge in [0.1, 0.15) is 11.6 Å². The van der Waals surface area contributed by atoms with Crippen molar-refractivity contribution in [3.8, 4) is 5.75 Å². The maximum absolute atomic E-state index is 12.9. The molecular formula is C21H25FN2O2. The van der Waals surface area contributed by atoms with Crippen molar-refractivity contribution in [3.63, 3.8) is 0 Å². The van der Waals surface area contributed by atoms with Crippen LogP contribution < -0.4 is 10.1 Å². The fourth-order valence-corrected chi connectivity index (χ4v) is 3.22. The quantitative estimate of drug-likeness (QED) is 0.828. The zero-order valence-corrected chi connectivity index (χ0v) is 14.9. The van der Waals surface area contributed by atoms with Crippen molar-refractivity contribution < 1.29 is 13.9 Å². The number of benzene rings is 2. The largest absolute Gasteiger partial charge is 0.493 e. The average Bonchev–Trinajstić information content (AvgIpc) is 2.67. The van der Waals surface area contributed by atoms with Gasteiger partial charge < -0.3 is 10.1 Å². The minimum absolute atomic E-state index is 0.000970. The number of ether oxygens (including phenoxy) is 1. The number of hydrogen-bond donors (Lipinski definition) is 1. The van der Waals surface area contributed by atoms with Crippen molar-refractivity contribution in [2.24, 2.45) is 5.92 Å². The monoisotopic (exact) mass is 356 g/mol. The summed E-state index contributed by atoms with van der Waals surface area (Å²) in [5.41, 5.74) is 0.896. The van der Waals surface area contributed by atoms with E-state index in [2.05, 4.69) is 10.2 Å². The van der Waals surface area contributed by atoms with E-state index in [4.69, 9.17) is 4.74 Å². The van der Waals surface area contributed by atoms with E-state index in [9.17, 15) is 9.18 Å². The van der Waals surface area contributed by atoms with Crippen LogP contribution in [0, 0.1) is 11.7 Å². The molecule has 1 fully saturated rings. The van der Waals surface area contributed by atoms with Crippen LogP contribution >= 0.6 is 0 Å². The number of likely N-dealkylation sites (tertiary alicyclic amines) is 1. The first kappa shape index (κ1) is 18.4. The van der Waals surface area contributed by atoms with Gasteiger partial charge in [-0.05, 0) is 49.2 Å². The lowest BCUT2D eigenvalue weighted by atomic mass is 9.99. The molecule has 0 aliphatic carbocycles.